The van der Waals surface area contributed by atoms with Crippen LogP contribution >= 0.6 is 0 Å². The molecule has 2 aliphatic heterocycles. The van der Waals surface area contributed by atoms with Crippen molar-refractivity contribution in [2.24, 2.45) is 5.92 Å². The van der Waals surface area contributed by atoms with Crippen molar-refractivity contribution in [3.05, 3.63) is 76.7 Å². The van der Waals surface area contributed by atoms with Gasteiger partial charge in [-0.3, -0.25) is 4.79 Å². The first-order chi connectivity index (χ1) is 14.3. The van der Waals surface area contributed by atoms with Crippen molar-refractivity contribution in [1.29, 1.82) is 0 Å². The van der Waals surface area contributed by atoms with E-state index in [0.717, 1.165) is 54.6 Å². The van der Waals surface area contributed by atoms with Crippen molar-refractivity contribution in [1.82, 2.24) is 24.4 Å². The SMILES string of the molecule is O=c1cccc2n1C[C@H]1C[C@H]2CN(c2ccc3nnc(-c4ccccc4)n3n2)C1. The van der Waals surface area contributed by atoms with E-state index in [9.17, 15) is 4.79 Å². The molecule has 3 aromatic heterocycles. The Morgan fingerprint density at radius 3 is 2.66 bits per heavy atom. The van der Waals surface area contributed by atoms with Gasteiger partial charge in [0.25, 0.3) is 5.56 Å². The molecule has 0 aliphatic carbocycles. The van der Waals surface area contributed by atoms with Crippen LogP contribution in [0.15, 0.2) is 65.5 Å². The van der Waals surface area contributed by atoms with Gasteiger partial charge in [0, 0.05) is 42.9 Å². The third-order valence-electron chi connectivity index (χ3n) is 6.08. The zero-order valence-electron chi connectivity index (χ0n) is 15.8. The Balaban J connectivity index is 1.38. The van der Waals surface area contributed by atoms with Gasteiger partial charge in [-0.25, -0.2) is 0 Å². The fourth-order valence-electron chi connectivity index (χ4n) is 4.80. The second-order valence-electron chi connectivity index (χ2n) is 7.95. The molecule has 2 bridgehead atoms. The summed E-state index contributed by atoms with van der Waals surface area (Å²) in [5, 5.41) is 13.5. The van der Waals surface area contributed by atoms with Gasteiger partial charge in [-0.15, -0.1) is 15.3 Å². The summed E-state index contributed by atoms with van der Waals surface area (Å²) in [6.07, 6.45) is 1.13. The standard InChI is InChI=1S/C22H20N6O/c29-21-8-4-7-18-17-11-15(13-27(18)21)12-26(14-17)20-10-9-19-23-24-22(28(19)25-20)16-5-2-1-3-6-16/h1-10,15,17H,11-14H2/t15-,17-/m0/s1. The predicted molar refractivity (Wildman–Crippen MR) is 110 cm³/mol. The van der Waals surface area contributed by atoms with Gasteiger partial charge in [-0.2, -0.15) is 4.52 Å². The van der Waals surface area contributed by atoms with Gasteiger partial charge in [0.1, 0.15) is 5.82 Å². The number of rotatable bonds is 2. The van der Waals surface area contributed by atoms with E-state index in [1.54, 1.807) is 6.07 Å². The third-order valence-corrected chi connectivity index (χ3v) is 6.08. The minimum Gasteiger partial charge on any atom is -0.354 e. The van der Waals surface area contributed by atoms with Gasteiger partial charge in [0.2, 0.25) is 0 Å². The third kappa shape index (κ3) is 2.65. The Morgan fingerprint density at radius 1 is 0.862 bits per heavy atom. The van der Waals surface area contributed by atoms with Gasteiger partial charge >= 0.3 is 0 Å². The molecule has 144 valence electrons. The molecule has 0 saturated carbocycles. The number of pyridine rings is 1. The fourth-order valence-corrected chi connectivity index (χ4v) is 4.80. The number of piperidine rings is 1. The molecule has 6 rings (SSSR count). The van der Waals surface area contributed by atoms with Gasteiger partial charge in [-0.1, -0.05) is 36.4 Å². The van der Waals surface area contributed by atoms with Crippen molar-refractivity contribution in [2.45, 2.75) is 18.9 Å². The van der Waals surface area contributed by atoms with Gasteiger partial charge in [0.05, 0.1) is 0 Å². The molecule has 2 aliphatic rings. The van der Waals surface area contributed by atoms with Crippen LogP contribution in [-0.4, -0.2) is 37.5 Å². The fraction of sp³-hybridized carbons (Fsp3) is 0.273. The Hall–Kier alpha value is -3.48. The smallest absolute Gasteiger partial charge is 0.250 e. The van der Waals surface area contributed by atoms with Gasteiger partial charge < -0.3 is 9.47 Å². The molecule has 1 fully saturated rings. The van der Waals surface area contributed by atoms with E-state index in [1.165, 1.54) is 0 Å². The molecule has 1 aromatic carbocycles. The number of nitrogens with zero attached hydrogens (tertiary/aromatic N) is 6. The van der Waals surface area contributed by atoms with Crippen LogP contribution in [-0.2, 0) is 6.54 Å². The number of hydrogen-bond donors (Lipinski definition) is 0. The summed E-state index contributed by atoms with van der Waals surface area (Å²) in [5.74, 6) is 2.48. The topological polar surface area (TPSA) is 68.3 Å². The van der Waals surface area contributed by atoms with E-state index in [0.29, 0.717) is 11.8 Å². The quantitative estimate of drug-likeness (QED) is 0.531. The van der Waals surface area contributed by atoms with E-state index < -0.39 is 0 Å². The first-order valence-electron chi connectivity index (χ1n) is 9.99. The van der Waals surface area contributed by atoms with Crippen molar-refractivity contribution in [3.63, 3.8) is 0 Å². The number of aromatic nitrogens is 5. The molecule has 7 nitrogen and oxygen atoms in total. The van der Waals surface area contributed by atoms with Crippen LogP contribution in [0.2, 0.25) is 0 Å². The maximum atomic E-state index is 12.3. The molecule has 0 unspecified atom stereocenters. The van der Waals surface area contributed by atoms with E-state index in [-0.39, 0.29) is 5.56 Å². The van der Waals surface area contributed by atoms with Crippen LogP contribution in [0.5, 0.6) is 0 Å². The highest BCUT2D eigenvalue weighted by Gasteiger charge is 2.35. The van der Waals surface area contributed by atoms with Crippen LogP contribution in [0, 0.1) is 5.92 Å². The largest absolute Gasteiger partial charge is 0.354 e. The van der Waals surface area contributed by atoms with Gasteiger partial charge in [-0.05, 0) is 30.5 Å². The molecule has 2 atom stereocenters. The second kappa shape index (κ2) is 6.27. The lowest BCUT2D eigenvalue weighted by Gasteiger charge is -2.43. The lowest BCUT2D eigenvalue weighted by atomic mass is 9.83. The molecule has 0 amide bonds. The molecule has 4 aromatic rings. The highest BCUT2D eigenvalue weighted by atomic mass is 16.1. The number of hydrogen-bond acceptors (Lipinski definition) is 5. The lowest BCUT2D eigenvalue weighted by molar-refractivity contribution is 0.280. The molecule has 0 spiro atoms. The molecule has 5 heterocycles. The van der Waals surface area contributed by atoms with Crippen LogP contribution in [0.25, 0.3) is 17.0 Å². The van der Waals surface area contributed by atoms with E-state index >= 15 is 0 Å². The summed E-state index contributed by atoms with van der Waals surface area (Å²) in [7, 11) is 0. The zero-order valence-corrected chi connectivity index (χ0v) is 15.8. The van der Waals surface area contributed by atoms with Crippen LogP contribution in [0.1, 0.15) is 18.0 Å². The monoisotopic (exact) mass is 384 g/mol. The van der Waals surface area contributed by atoms with E-state index in [4.69, 9.17) is 5.10 Å². The normalized spacial score (nSPS) is 20.6. The summed E-state index contributed by atoms with van der Waals surface area (Å²) in [6.45, 7) is 2.55. The van der Waals surface area contributed by atoms with Crippen molar-refractivity contribution >= 4 is 11.5 Å². The van der Waals surface area contributed by atoms with E-state index in [1.807, 2.05) is 57.6 Å². The molecule has 1 saturated heterocycles. The highest BCUT2D eigenvalue weighted by Crippen LogP contribution is 2.36. The first kappa shape index (κ1) is 16.5. The highest BCUT2D eigenvalue weighted by molar-refractivity contribution is 5.59. The summed E-state index contributed by atoms with van der Waals surface area (Å²) in [4.78, 5) is 14.6. The molecule has 0 N–H and O–H groups in total. The molecule has 29 heavy (non-hydrogen) atoms. The minimum absolute atomic E-state index is 0.113. The van der Waals surface area contributed by atoms with Crippen LogP contribution in [0.3, 0.4) is 0 Å². The van der Waals surface area contributed by atoms with Crippen molar-refractivity contribution in [3.8, 4) is 11.4 Å². The predicted octanol–water partition coefficient (Wildman–Crippen LogP) is 2.58. The lowest BCUT2D eigenvalue weighted by Crippen LogP contribution is -2.47. The number of fused-ring (bicyclic) bond motifs is 5. The van der Waals surface area contributed by atoms with Crippen molar-refractivity contribution in [2.75, 3.05) is 18.0 Å². The molecular formula is C22H20N6O. The summed E-state index contributed by atoms with van der Waals surface area (Å²) in [6, 6.07) is 19.6. The average molecular weight is 384 g/mol. The molecule has 0 radical (unpaired) electrons. The van der Waals surface area contributed by atoms with Crippen LogP contribution in [0.4, 0.5) is 5.82 Å². The molecular weight excluding hydrogens is 364 g/mol. The average Bonchev–Trinajstić information content (AvgIpc) is 3.18. The Labute approximate surface area is 167 Å². The zero-order chi connectivity index (χ0) is 19.4. The summed E-state index contributed by atoms with van der Waals surface area (Å²) >= 11 is 0. The number of anilines is 1. The van der Waals surface area contributed by atoms with Gasteiger partial charge in [0.15, 0.2) is 11.5 Å². The Bertz CT molecular complexity index is 1260. The summed E-state index contributed by atoms with van der Waals surface area (Å²) in [5.41, 5.74) is 2.99. The van der Waals surface area contributed by atoms with E-state index in [2.05, 4.69) is 21.2 Å². The molecule has 7 heteroatoms. The second-order valence-corrected chi connectivity index (χ2v) is 7.95. The number of benzene rings is 1. The van der Waals surface area contributed by atoms with Crippen molar-refractivity contribution < 1.29 is 0 Å². The Morgan fingerprint density at radius 2 is 1.76 bits per heavy atom. The summed E-state index contributed by atoms with van der Waals surface area (Å²) < 4.78 is 3.79. The Kier molecular flexibility index (Phi) is 3.56. The maximum absolute atomic E-state index is 12.3. The first-order valence-corrected chi connectivity index (χ1v) is 9.99. The minimum atomic E-state index is 0.113. The van der Waals surface area contributed by atoms with Crippen LogP contribution < -0.4 is 10.5 Å². The maximum Gasteiger partial charge on any atom is 0.250 e.